The Morgan fingerprint density at radius 2 is 2.05 bits per heavy atom. The number of nitrogens with two attached hydrogens (primary N) is 1. The molecule has 0 bridgehead atoms. The molecule has 4 N–H and O–H groups in total. The first-order valence-corrected chi connectivity index (χ1v) is 6.54. The lowest BCUT2D eigenvalue weighted by atomic mass is 10.2. The maximum absolute atomic E-state index is 12.2. The highest BCUT2D eigenvalue weighted by molar-refractivity contribution is 5.96. The number of hydrogen-bond donors (Lipinski definition) is 3. The fraction of sp³-hybridized carbons (Fsp3) is 0.357. The first-order valence-electron chi connectivity index (χ1n) is 6.54. The first-order chi connectivity index (χ1) is 9.85. The van der Waals surface area contributed by atoms with Gasteiger partial charge < -0.3 is 21.1 Å². The lowest BCUT2D eigenvalue weighted by molar-refractivity contribution is -0.138. The Kier molecular flexibility index (Phi) is 5.71. The number of urea groups is 1. The van der Waals surface area contributed by atoms with Gasteiger partial charge in [-0.2, -0.15) is 0 Å². The van der Waals surface area contributed by atoms with Crippen LogP contribution in [0.25, 0.3) is 0 Å². The van der Waals surface area contributed by atoms with Gasteiger partial charge in [0, 0.05) is 17.3 Å². The number of hydrogen-bond acceptors (Lipinski definition) is 3. The summed E-state index contributed by atoms with van der Waals surface area (Å²) in [4.78, 5) is 35.3. The summed E-state index contributed by atoms with van der Waals surface area (Å²) in [6, 6.07) is 5.39. The van der Waals surface area contributed by atoms with Gasteiger partial charge in [0.05, 0.1) is 0 Å². The number of carbonyl (C=O) groups excluding carboxylic acids is 2. The SMILES string of the molecule is CCC(C)N(CC(=O)O)C(=O)Nc1cccc(C(N)=O)c1. The second-order valence-corrected chi connectivity index (χ2v) is 4.65. The molecule has 0 saturated heterocycles. The van der Waals surface area contributed by atoms with E-state index in [9.17, 15) is 14.4 Å². The van der Waals surface area contributed by atoms with Crippen molar-refractivity contribution in [2.45, 2.75) is 26.3 Å². The average Bonchev–Trinajstić information content (AvgIpc) is 2.43. The molecule has 114 valence electrons. The van der Waals surface area contributed by atoms with Gasteiger partial charge in [-0.1, -0.05) is 13.0 Å². The summed E-state index contributed by atoms with van der Waals surface area (Å²) >= 11 is 0. The number of aliphatic carboxylic acids is 1. The predicted octanol–water partition coefficient (Wildman–Crippen LogP) is 1.50. The van der Waals surface area contributed by atoms with Gasteiger partial charge in [-0.3, -0.25) is 9.59 Å². The van der Waals surface area contributed by atoms with Crippen LogP contribution in [-0.4, -0.2) is 40.5 Å². The minimum absolute atomic E-state index is 0.222. The number of primary amides is 1. The number of carboxylic acids is 1. The van der Waals surface area contributed by atoms with Gasteiger partial charge in [0.1, 0.15) is 6.54 Å². The monoisotopic (exact) mass is 293 g/mol. The molecule has 7 nitrogen and oxygen atoms in total. The van der Waals surface area contributed by atoms with E-state index in [-0.39, 0.29) is 11.6 Å². The van der Waals surface area contributed by atoms with Crippen LogP contribution in [0.15, 0.2) is 24.3 Å². The summed E-state index contributed by atoms with van der Waals surface area (Å²) in [6.07, 6.45) is 0.627. The Bertz CT molecular complexity index is 545. The van der Waals surface area contributed by atoms with Crippen LogP contribution in [0.5, 0.6) is 0 Å². The minimum Gasteiger partial charge on any atom is -0.480 e. The van der Waals surface area contributed by atoms with Crippen LogP contribution in [0.2, 0.25) is 0 Å². The van der Waals surface area contributed by atoms with Crippen molar-refractivity contribution in [3.8, 4) is 0 Å². The van der Waals surface area contributed by atoms with E-state index in [0.717, 1.165) is 0 Å². The van der Waals surface area contributed by atoms with Gasteiger partial charge in [-0.05, 0) is 31.5 Å². The largest absolute Gasteiger partial charge is 0.480 e. The Balaban J connectivity index is 2.88. The molecule has 0 heterocycles. The normalized spacial score (nSPS) is 11.5. The van der Waals surface area contributed by atoms with Crippen molar-refractivity contribution in [2.75, 3.05) is 11.9 Å². The highest BCUT2D eigenvalue weighted by Crippen LogP contribution is 2.13. The molecule has 1 atom stereocenters. The van der Waals surface area contributed by atoms with Crippen molar-refractivity contribution in [2.24, 2.45) is 5.73 Å². The molecular weight excluding hydrogens is 274 g/mol. The number of carboxylic acid groups (broad SMARTS) is 1. The second-order valence-electron chi connectivity index (χ2n) is 4.65. The van der Waals surface area contributed by atoms with E-state index in [2.05, 4.69) is 5.32 Å². The van der Waals surface area contributed by atoms with Gasteiger partial charge in [-0.25, -0.2) is 4.79 Å². The number of nitrogens with zero attached hydrogens (tertiary/aromatic N) is 1. The average molecular weight is 293 g/mol. The molecule has 0 radical (unpaired) electrons. The number of anilines is 1. The number of benzene rings is 1. The van der Waals surface area contributed by atoms with Gasteiger partial charge in [0.25, 0.3) is 0 Å². The molecule has 3 amide bonds. The Morgan fingerprint density at radius 1 is 1.38 bits per heavy atom. The molecular formula is C14H19N3O4. The lowest BCUT2D eigenvalue weighted by Gasteiger charge is -2.27. The van der Waals surface area contributed by atoms with Gasteiger partial charge in [0.2, 0.25) is 5.91 Å². The molecule has 1 aromatic rings. The Morgan fingerprint density at radius 3 is 2.57 bits per heavy atom. The summed E-state index contributed by atoms with van der Waals surface area (Å²) in [5, 5.41) is 11.5. The molecule has 7 heteroatoms. The summed E-state index contributed by atoms with van der Waals surface area (Å²) in [6.45, 7) is 3.24. The zero-order chi connectivity index (χ0) is 16.0. The van der Waals surface area contributed by atoms with Gasteiger partial charge >= 0.3 is 12.0 Å². The van der Waals surface area contributed by atoms with E-state index in [1.165, 1.54) is 17.0 Å². The van der Waals surface area contributed by atoms with E-state index in [1.807, 2.05) is 6.92 Å². The van der Waals surface area contributed by atoms with Crippen molar-refractivity contribution in [3.63, 3.8) is 0 Å². The Labute approximate surface area is 122 Å². The predicted molar refractivity (Wildman–Crippen MR) is 78.1 cm³/mol. The van der Waals surface area contributed by atoms with Crippen LogP contribution < -0.4 is 11.1 Å². The molecule has 1 aromatic carbocycles. The molecule has 0 fully saturated rings. The van der Waals surface area contributed by atoms with Gasteiger partial charge in [-0.15, -0.1) is 0 Å². The lowest BCUT2D eigenvalue weighted by Crippen LogP contribution is -2.44. The third-order valence-corrected chi connectivity index (χ3v) is 3.09. The van der Waals surface area contributed by atoms with Crippen molar-refractivity contribution in [1.82, 2.24) is 4.90 Å². The van der Waals surface area contributed by atoms with Crippen LogP contribution in [0.4, 0.5) is 10.5 Å². The van der Waals surface area contributed by atoms with E-state index in [0.29, 0.717) is 12.1 Å². The fourth-order valence-electron chi connectivity index (χ4n) is 1.74. The summed E-state index contributed by atoms with van der Waals surface area (Å²) in [7, 11) is 0. The van der Waals surface area contributed by atoms with Crippen LogP contribution >= 0.6 is 0 Å². The number of carbonyl (C=O) groups is 3. The van der Waals surface area contributed by atoms with Gasteiger partial charge in [0.15, 0.2) is 0 Å². The number of nitrogens with one attached hydrogen (secondary N) is 1. The van der Waals surface area contributed by atoms with Crippen LogP contribution in [0, 0.1) is 0 Å². The number of rotatable bonds is 6. The molecule has 1 rings (SSSR count). The smallest absolute Gasteiger partial charge is 0.323 e. The summed E-state index contributed by atoms with van der Waals surface area (Å²) < 4.78 is 0. The minimum atomic E-state index is -1.09. The molecule has 0 saturated carbocycles. The molecule has 0 aromatic heterocycles. The number of amides is 3. The Hall–Kier alpha value is -2.57. The maximum Gasteiger partial charge on any atom is 0.323 e. The third kappa shape index (κ3) is 4.79. The quantitative estimate of drug-likeness (QED) is 0.737. The highest BCUT2D eigenvalue weighted by atomic mass is 16.4. The van der Waals surface area contributed by atoms with Crippen molar-refractivity contribution in [3.05, 3.63) is 29.8 Å². The topological polar surface area (TPSA) is 113 Å². The van der Waals surface area contributed by atoms with Crippen molar-refractivity contribution in [1.29, 1.82) is 0 Å². The van der Waals surface area contributed by atoms with Crippen molar-refractivity contribution >= 4 is 23.6 Å². The second kappa shape index (κ2) is 7.28. The summed E-state index contributed by atoms with van der Waals surface area (Å²) in [5.41, 5.74) is 5.82. The summed E-state index contributed by atoms with van der Waals surface area (Å²) in [5.74, 6) is -1.69. The first kappa shape index (κ1) is 16.5. The standard InChI is InChI=1S/C14H19N3O4/c1-3-9(2)17(8-12(18)19)14(21)16-11-6-4-5-10(7-11)13(15)20/h4-7,9H,3,8H2,1-2H3,(H2,15,20)(H,16,21)(H,18,19). The molecule has 21 heavy (non-hydrogen) atoms. The molecule has 1 unspecified atom stereocenters. The highest BCUT2D eigenvalue weighted by Gasteiger charge is 2.21. The van der Waals surface area contributed by atoms with E-state index < -0.39 is 24.5 Å². The molecule has 0 aliphatic rings. The maximum atomic E-state index is 12.2. The third-order valence-electron chi connectivity index (χ3n) is 3.09. The van der Waals surface area contributed by atoms with Crippen LogP contribution in [-0.2, 0) is 4.79 Å². The zero-order valence-electron chi connectivity index (χ0n) is 12.0. The van der Waals surface area contributed by atoms with E-state index in [4.69, 9.17) is 10.8 Å². The molecule has 0 aliphatic carbocycles. The van der Waals surface area contributed by atoms with Crippen LogP contribution in [0.3, 0.4) is 0 Å². The fourth-order valence-corrected chi connectivity index (χ4v) is 1.74. The van der Waals surface area contributed by atoms with Crippen molar-refractivity contribution < 1.29 is 19.5 Å². The van der Waals surface area contributed by atoms with Crippen LogP contribution in [0.1, 0.15) is 30.6 Å². The zero-order valence-corrected chi connectivity index (χ0v) is 12.0. The molecule has 0 aliphatic heterocycles. The molecule has 0 spiro atoms. The van der Waals surface area contributed by atoms with E-state index in [1.54, 1.807) is 19.1 Å². The van der Waals surface area contributed by atoms with E-state index >= 15 is 0 Å².